The van der Waals surface area contributed by atoms with Gasteiger partial charge in [-0.2, -0.15) is 0 Å². The molecule has 0 saturated heterocycles. The van der Waals surface area contributed by atoms with Gasteiger partial charge in [-0.3, -0.25) is 0 Å². The van der Waals surface area contributed by atoms with Crippen molar-refractivity contribution in [1.82, 2.24) is 0 Å². The lowest BCUT2D eigenvalue weighted by molar-refractivity contribution is 0.267. The molecule has 0 fully saturated rings. The summed E-state index contributed by atoms with van der Waals surface area (Å²) in [4.78, 5) is 0. The highest BCUT2D eigenvalue weighted by molar-refractivity contribution is 5.85. The van der Waals surface area contributed by atoms with E-state index >= 15 is 0 Å². The van der Waals surface area contributed by atoms with Crippen molar-refractivity contribution in [2.45, 2.75) is 6.04 Å². The fourth-order valence-corrected chi connectivity index (χ4v) is 2.26. The number of benzene rings is 3. The maximum Gasteiger partial charge on any atom is 0.170 e. The number of ether oxygens (including phenoxy) is 2. The number of halogens is 1. The zero-order chi connectivity index (χ0) is 16.8. The van der Waals surface area contributed by atoms with Gasteiger partial charge in [0.15, 0.2) is 11.5 Å². The van der Waals surface area contributed by atoms with Crippen LogP contribution in [0.1, 0.15) is 11.6 Å². The predicted octanol–water partition coefficient (Wildman–Crippen LogP) is 4.69. The van der Waals surface area contributed by atoms with Crippen molar-refractivity contribution in [3.8, 4) is 23.0 Å². The van der Waals surface area contributed by atoms with Crippen molar-refractivity contribution in [1.29, 1.82) is 0 Å². The van der Waals surface area contributed by atoms with Crippen molar-refractivity contribution in [3.05, 3.63) is 84.4 Å². The number of rotatable bonds is 6. The molecule has 3 rings (SSSR count). The number of hydrogen-bond donors (Lipinski definition) is 2. The number of hydrogen-bond acceptors (Lipinski definition) is 4. The molecule has 1 atom stereocenters. The smallest absolute Gasteiger partial charge is 0.170 e. The quantitative estimate of drug-likeness (QED) is 0.672. The van der Waals surface area contributed by atoms with Crippen LogP contribution in [0, 0.1) is 0 Å². The fraction of sp³-hybridized carbons (Fsp3) is 0.100. The molecule has 0 aliphatic rings. The summed E-state index contributed by atoms with van der Waals surface area (Å²) in [7, 11) is 0. The van der Waals surface area contributed by atoms with Crippen molar-refractivity contribution in [2.75, 3.05) is 6.61 Å². The monoisotopic (exact) mass is 357 g/mol. The molecule has 0 amide bonds. The first-order valence-electron chi connectivity index (χ1n) is 7.72. The van der Waals surface area contributed by atoms with Crippen molar-refractivity contribution >= 4 is 12.4 Å². The second-order valence-electron chi connectivity index (χ2n) is 5.33. The van der Waals surface area contributed by atoms with Crippen LogP contribution in [-0.2, 0) is 0 Å². The zero-order valence-corrected chi connectivity index (χ0v) is 14.4. The zero-order valence-electron chi connectivity index (χ0n) is 13.5. The summed E-state index contributed by atoms with van der Waals surface area (Å²) < 4.78 is 11.9. The van der Waals surface area contributed by atoms with Gasteiger partial charge in [-0.25, -0.2) is 0 Å². The third-order valence-electron chi connectivity index (χ3n) is 3.53. The van der Waals surface area contributed by atoms with E-state index in [0.29, 0.717) is 17.2 Å². The predicted molar refractivity (Wildman–Crippen MR) is 101 cm³/mol. The largest absolute Gasteiger partial charge is 0.453 e. The lowest BCUT2D eigenvalue weighted by Crippen LogP contribution is -2.14. The van der Waals surface area contributed by atoms with Gasteiger partial charge < -0.3 is 20.3 Å². The summed E-state index contributed by atoms with van der Waals surface area (Å²) in [5.74, 6) is 2.55. The normalized spacial score (nSPS) is 11.3. The Hall–Kier alpha value is -2.53. The van der Waals surface area contributed by atoms with Gasteiger partial charge in [0.05, 0.1) is 12.6 Å². The van der Waals surface area contributed by atoms with Gasteiger partial charge in [-0.15, -0.1) is 12.4 Å². The van der Waals surface area contributed by atoms with E-state index in [4.69, 9.17) is 15.2 Å². The summed E-state index contributed by atoms with van der Waals surface area (Å²) in [5, 5.41) is 9.28. The van der Waals surface area contributed by atoms with Gasteiger partial charge in [0.2, 0.25) is 0 Å². The molecular formula is C20H20ClNO3. The van der Waals surface area contributed by atoms with Crippen LogP contribution in [0.5, 0.6) is 23.0 Å². The van der Waals surface area contributed by atoms with Gasteiger partial charge in [-0.1, -0.05) is 42.5 Å². The van der Waals surface area contributed by atoms with Crippen LogP contribution in [0.15, 0.2) is 78.9 Å². The highest BCUT2D eigenvalue weighted by Crippen LogP contribution is 2.36. The minimum Gasteiger partial charge on any atom is -0.453 e. The summed E-state index contributed by atoms with van der Waals surface area (Å²) >= 11 is 0. The van der Waals surface area contributed by atoms with Crippen LogP contribution in [0.25, 0.3) is 0 Å². The van der Waals surface area contributed by atoms with E-state index < -0.39 is 6.04 Å². The van der Waals surface area contributed by atoms with E-state index in [1.165, 1.54) is 0 Å². The van der Waals surface area contributed by atoms with E-state index in [9.17, 15) is 5.11 Å². The molecule has 5 heteroatoms. The first kappa shape index (κ1) is 18.8. The maximum atomic E-state index is 9.28. The molecule has 25 heavy (non-hydrogen) atoms. The molecule has 3 aromatic carbocycles. The third-order valence-corrected chi connectivity index (χ3v) is 3.53. The molecule has 0 radical (unpaired) electrons. The lowest BCUT2D eigenvalue weighted by Gasteiger charge is -2.16. The summed E-state index contributed by atoms with van der Waals surface area (Å²) in [6, 6.07) is 23.9. The van der Waals surface area contributed by atoms with Crippen LogP contribution in [-0.4, -0.2) is 11.7 Å². The Morgan fingerprint density at radius 3 is 1.80 bits per heavy atom. The van der Waals surface area contributed by atoms with Crippen LogP contribution in [0.2, 0.25) is 0 Å². The summed E-state index contributed by atoms with van der Waals surface area (Å²) in [6.07, 6.45) is 0. The molecule has 0 heterocycles. The Bertz CT molecular complexity index is 781. The van der Waals surface area contributed by atoms with Crippen LogP contribution in [0.4, 0.5) is 0 Å². The Labute approximate surface area is 153 Å². The van der Waals surface area contributed by atoms with Gasteiger partial charge in [-0.05, 0) is 42.0 Å². The summed E-state index contributed by atoms with van der Waals surface area (Å²) in [5.41, 5.74) is 6.69. The molecule has 0 aromatic heterocycles. The number of nitrogens with two attached hydrogens (primary N) is 1. The molecule has 0 bridgehead atoms. The minimum absolute atomic E-state index is 0. The maximum absolute atomic E-state index is 9.28. The van der Waals surface area contributed by atoms with E-state index in [1.807, 2.05) is 66.7 Å². The van der Waals surface area contributed by atoms with Crippen molar-refractivity contribution in [3.63, 3.8) is 0 Å². The number of para-hydroxylation sites is 2. The van der Waals surface area contributed by atoms with Gasteiger partial charge in [0.25, 0.3) is 0 Å². The molecule has 130 valence electrons. The van der Waals surface area contributed by atoms with Crippen molar-refractivity contribution < 1.29 is 14.6 Å². The standard InChI is InChI=1S/C20H19NO3.ClH/c21-18(14-22)15-11-12-19(23-16-7-3-1-4-8-16)20(13-15)24-17-9-5-2-6-10-17;/h1-13,18,22H,14,21H2;1H/t18-;/m1./s1. The van der Waals surface area contributed by atoms with Crippen LogP contribution >= 0.6 is 12.4 Å². The first-order valence-corrected chi connectivity index (χ1v) is 7.72. The topological polar surface area (TPSA) is 64.7 Å². The van der Waals surface area contributed by atoms with E-state index in [2.05, 4.69) is 0 Å². The van der Waals surface area contributed by atoms with E-state index in [1.54, 1.807) is 12.1 Å². The lowest BCUT2D eigenvalue weighted by atomic mass is 10.1. The molecule has 3 aromatic rings. The fourth-order valence-electron chi connectivity index (χ4n) is 2.26. The number of aliphatic hydroxyl groups is 1. The summed E-state index contributed by atoms with van der Waals surface area (Å²) in [6.45, 7) is -0.135. The highest BCUT2D eigenvalue weighted by atomic mass is 35.5. The second-order valence-corrected chi connectivity index (χ2v) is 5.33. The number of aliphatic hydroxyl groups excluding tert-OH is 1. The second kappa shape index (κ2) is 9.08. The SMILES string of the molecule is Cl.N[C@H](CO)c1ccc(Oc2ccccc2)c(Oc2ccccc2)c1. The van der Waals surface area contributed by atoms with E-state index in [0.717, 1.165) is 11.3 Å². The molecule has 0 saturated carbocycles. The first-order chi connectivity index (χ1) is 11.8. The Morgan fingerprint density at radius 1 is 0.760 bits per heavy atom. The average molecular weight is 358 g/mol. The van der Waals surface area contributed by atoms with Gasteiger partial charge >= 0.3 is 0 Å². The van der Waals surface area contributed by atoms with E-state index in [-0.39, 0.29) is 19.0 Å². The molecule has 3 N–H and O–H groups in total. The van der Waals surface area contributed by atoms with Crippen LogP contribution in [0.3, 0.4) is 0 Å². The molecule has 0 spiro atoms. The van der Waals surface area contributed by atoms with Gasteiger partial charge in [0.1, 0.15) is 11.5 Å². The molecular weight excluding hydrogens is 338 g/mol. The van der Waals surface area contributed by atoms with Gasteiger partial charge in [0, 0.05) is 0 Å². The Morgan fingerprint density at radius 2 is 1.28 bits per heavy atom. The average Bonchev–Trinajstić information content (AvgIpc) is 2.64. The molecule has 0 aliphatic carbocycles. The molecule has 4 nitrogen and oxygen atoms in total. The third kappa shape index (κ3) is 4.97. The molecule has 0 unspecified atom stereocenters. The highest BCUT2D eigenvalue weighted by Gasteiger charge is 2.12. The van der Waals surface area contributed by atoms with Crippen LogP contribution < -0.4 is 15.2 Å². The Balaban J connectivity index is 0.00000225. The molecule has 0 aliphatic heterocycles. The van der Waals surface area contributed by atoms with Crippen molar-refractivity contribution in [2.24, 2.45) is 5.73 Å². The Kier molecular flexibility index (Phi) is 6.83. The minimum atomic E-state index is -0.464.